The molecule has 0 amide bonds. The molecule has 1 atom stereocenters. The second kappa shape index (κ2) is 71.3. The van der Waals surface area contributed by atoms with Crippen molar-refractivity contribution < 1.29 is 28.6 Å². The maximum atomic E-state index is 13.0. The van der Waals surface area contributed by atoms with Gasteiger partial charge in [0.25, 0.3) is 0 Å². The smallest absolute Gasteiger partial charge is 0.306 e. The number of hydrogen-bond donors (Lipinski definition) is 0. The van der Waals surface area contributed by atoms with Gasteiger partial charge in [-0.05, 0) is 109 Å². The van der Waals surface area contributed by atoms with Crippen LogP contribution < -0.4 is 0 Å². The molecule has 0 spiro atoms. The molecule has 0 aromatic rings. The van der Waals surface area contributed by atoms with Crippen molar-refractivity contribution in [1.82, 2.24) is 0 Å². The van der Waals surface area contributed by atoms with Gasteiger partial charge in [0.05, 0.1) is 0 Å². The van der Waals surface area contributed by atoms with E-state index in [1.54, 1.807) is 0 Å². The first-order chi connectivity index (χ1) is 41.0. The lowest BCUT2D eigenvalue weighted by Gasteiger charge is -2.18. The molecule has 0 rings (SSSR count). The van der Waals surface area contributed by atoms with Crippen LogP contribution in [0.2, 0.25) is 0 Å². The lowest BCUT2D eigenvalue weighted by molar-refractivity contribution is -0.167. The van der Waals surface area contributed by atoms with Crippen LogP contribution >= 0.6 is 0 Å². The van der Waals surface area contributed by atoms with Crippen LogP contribution in [-0.2, 0) is 28.6 Å². The molecule has 6 heteroatoms. The van der Waals surface area contributed by atoms with Crippen LogP contribution in [0.15, 0.2) is 72.9 Å². The molecule has 6 nitrogen and oxygen atoms in total. The number of ether oxygens (including phenoxy) is 3. The van der Waals surface area contributed by atoms with Gasteiger partial charge in [-0.2, -0.15) is 0 Å². The van der Waals surface area contributed by atoms with Crippen LogP contribution in [-0.4, -0.2) is 37.2 Å². The second-order valence-corrected chi connectivity index (χ2v) is 24.5. The van der Waals surface area contributed by atoms with Crippen molar-refractivity contribution in [3.8, 4) is 0 Å². The van der Waals surface area contributed by atoms with Crippen molar-refractivity contribution in [2.45, 2.75) is 386 Å². The highest BCUT2D eigenvalue weighted by molar-refractivity contribution is 5.71. The minimum Gasteiger partial charge on any atom is -0.462 e. The lowest BCUT2D eigenvalue weighted by atomic mass is 10.0. The number of esters is 3. The minimum absolute atomic E-state index is 0.0765. The van der Waals surface area contributed by atoms with E-state index >= 15 is 0 Å². The zero-order valence-corrected chi connectivity index (χ0v) is 55.5. The number of carbonyl (C=O) groups excluding carboxylic acids is 3. The molecular weight excluding hydrogens is 1020 g/mol. The average molecular weight is 1160 g/mol. The van der Waals surface area contributed by atoms with Crippen LogP contribution in [0.4, 0.5) is 0 Å². The summed E-state index contributed by atoms with van der Waals surface area (Å²) in [7, 11) is 0. The first kappa shape index (κ1) is 79.8. The van der Waals surface area contributed by atoms with Crippen molar-refractivity contribution >= 4 is 17.9 Å². The maximum Gasteiger partial charge on any atom is 0.306 e. The molecule has 0 aliphatic heterocycles. The van der Waals surface area contributed by atoms with E-state index in [1.165, 1.54) is 250 Å². The SMILES string of the molecule is CC/C=C\C/C=C\C/C=C\CCCCCCCCCC(=O)OCC(COC(=O)CCCCCCCCCCCCCCC/C=C\C/C=C\CCCCCCC)OC(=O)CCCCCCCCCCCCC/C=C\CCCCCCCCCC. The third kappa shape index (κ3) is 69.5. The highest BCUT2D eigenvalue weighted by Crippen LogP contribution is 2.18. The van der Waals surface area contributed by atoms with Crippen molar-refractivity contribution in [3.05, 3.63) is 72.9 Å². The van der Waals surface area contributed by atoms with Gasteiger partial charge in [-0.1, -0.05) is 325 Å². The molecule has 0 radical (unpaired) electrons. The summed E-state index contributed by atoms with van der Waals surface area (Å²) in [6, 6.07) is 0. The number of rotatable bonds is 67. The van der Waals surface area contributed by atoms with Gasteiger partial charge in [-0.3, -0.25) is 14.4 Å². The Labute approximate surface area is 516 Å². The molecule has 0 saturated heterocycles. The predicted octanol–water partition coefficient (Wildman–Crippen LogP) is 25.2. The topological polar surface area (TPSA) is 78.9 Å². The summed E-state index contributed by atoms with van der Waals surface area (Å²) < 4.78 is 17.0. The van der Waals surface area contributed by atoms with E-state index in [1.807, 2.05) is 0 Å². The van der Waals surface area contributed by atoms with Gasteiger partial charge in [-0.25, -0.2) is 0 Å². The van der Waals surface area contributed by atoms with Gasteiger partial charge in [-0.15, -0.1) is 0 Å². The van der Waals surface area contributed by atoms with Crippen LogP contribution in [0.3, 0.4) is 0 Å². The molecule has 0 N–H and O–H groups in total. The van der Waals surface area contributed by atoms with Gasteiger partial charge in [0, 0.05) is 19.3 Å². The summed E-state index contributed by atoms with van der Waals surface area (Å²) in [5, 5.41) is 0. The Bertz CT molecular complexity index is 1520. The average Bonchev–Trinajstić information content (AvgIpc) is 3.49. The summed E-state index contributed by atoms with van der Waals surface area (Å²) >= 11 is 0. The number of carbonyl (C=O) groups is 3. The summed E-state index contributed by atoms with van der Waals surface area (Å²) in [5.74, 6) is -0.865. The Morgan fingerprint density at radius 3 is 0.747 bits per heavy atom. The normalized spacial score (nSPS) is 12.5. The van der Waals surface area contributed by atoms with E-state index in [-0.39, 0.29) is 31.1 Å². The molecule has 0 saturated carbocycles. The second-order valence-electron chi connectivity index (χ2n) is 24.5. The first-order valence-electron chi connectivity index (χ1n) is 36.4. The van der Waals surface area contributed by atoms with Crippen molar-refractivity contribution in [1.29, 1.82) is 0 Å². The summed E-state index contributed by atoms with van der Waals surface area (Å²) in [6.07, 6.45) is 93.6. The van der Waals surface area contributed by atoms with Crippen molar-refractivity contribution in [2.24, 2.45) is 0 Å². The molecule has 0 bridgehead atoms. The Hall–Kier alpha value is -3.15. The maximum absolute atomic E-state index is 13.0. The van der Waals surface area contributed by atoms with Crippen LogP contribution in [0.1, 0.15) is 380 Å². The standard InChI is InChI=1S/C77H138O6/c1-4-7-10-13-16-19-22-25-28-31-33-35-37-38-40-41-43-46-49-52-55-58-61-64-67-70-76(79)82-73-74(72-81-75(78)69-66-63-60-57-54-51-48-45-30-27-24-21-18-15-12-9-6-3)83-77(80)71-68-65-62-59-56-53-50-47-44-42-39-36-34-32-29-26-23-20-17-14-11-8-5-2/h9,12,18,21-22,25,27,30-34,74H,4-8,10-11,13-17,19-20,23-24,26,28-29,35-73H2,1-3H3/b12-9-,21-18-,25-22-,30-27-,33-31-,34-32-. The largest absolute Gasteiger partial charge is 0.462 e. The van der Waals surface area contributed by atoms with E-state index in [4.69, 9.17) is 14.2 Å². The molecule has 0 aromatic carbocycles. The molecule has 0 aromatic heterocycles. The fourth-order valence-corrected chi connectivity index (χ4v) is 10.7. The summed E-state index contributed by atoms with van der Waals surface area (Å²) in [4.78, 5) is 38.5. The molecule has 482 valence electrons. The van der Waals surface area contributed by atoms with Gasteiger partial charge >= 0.3 is 17.9 Å². The van der Waals surface area contributed by atoms with E-state index in [0.29, 0.717) is 19.3 Å². The quantitative estimate of drug-likeness (QED) is 0.0261. The molecule has 0 aliphatic rings. The van der Waals surface area contributed by atoms with Crippen molar-refractivity contribution in [2.75, 3.05) is 13.2 Å². The van der Waals surface area contributed by atoms with E-state index in [9.17, 15) is 14.4 Å². The molecular formula is C77H138O6. The zero-order valence-electron chi connectivity index (χ0n) is 55.5. The van der Waals surface area contributed by atoms with E-state index in [0.717, 1.165) is 89.9 Å². The fourth-order valence-electron chi connectivity index (χ4n) is 10.7. The zero-order chi connectivity index (χ0) is 59.9. The first-order valence-corrected chi connectivity index (χ1v) is 36.4. The van der Waals surface area contributed by atoms with Gasteiger partial charge < -0.3 is 14.2 Å². The minimum atomic E-state index is -0.782. The van der Waals surface area contributed by atoms with E-state index < -0.39 is 6.10 Å². The number of allylic oxidation sites excluding steroid dienone is 12. The summed E-state index contributed by atoms with van der Waals surface area (Å²) in [5.41, 5.74) is 0. The third-order valence-electron chi connectivity index (χ3n) is 16.2. The highest BCUT2D eigenvalue weighted by atomic mass is 16.6. The Balaban J connectivity index is 4.32. The lowest BCUT2D eigenvalue weighted by Crippen LogP contribution is -2.30. The van der Waals surface area contributed by atoms with Crippen molar-refractivity contribution in [3.63, 3.8) is 0 Å². The van der Waals surface area contributed by atoms with Crippen LogP contribution in [0.25, 0.3) is 0 Å². The fraction of sp³-hybridized carbons (Fsp3) is 0.805. The number of unbranched alkanes of at least 4 members (excludes halogenated alkanes) is 44. The molecule has 0 heterocycles. The summed E-state index contributed by atoms with van der Waals surface area (Å²) in [6.45, 7) is 6.57. The highest BCUT2D eigenvalue weighted by Gasteiger charge is 2.19. The molecule has 1 unspecified atom stereocenters. The van der Waals surface area contributed by atoms with Crippen LogP contribution in [0, 0.1) is 0 Å². The van der Waals surface area contributed by atoms with E-state index in [2.05, 4.69) is 93.7 Å². The third-order valence-corrected chi connectivity index (χ3v) is 16.2. The molecule has 0 aliphatic carbocycles. The Morgan fingerprint density at radius 1 is 0.253 bits per heavy atom. The monoisotopic (exact) mass is 1160 g/mol. The number of hydrogen-bond acceptors (Lipinski definition) is 6. The Kier molecular flexibility index (Phi) is 68.6. The van der Waals surface area contributed by atoms with Crippen LogP contribution in [0.5, 0.6) is 0 Å². The van der Waals surface area contributed by atoms with Gasteiger partial charge in [0.1, 0.15) is 13.2 Å². The Morgan fingerprint density at radius 2 is 0.470 bits per heavy atom. The van der Waals surface area contributed by atoms with Gasteiger partial charge in [0.15, 0.2) is 6.10 Å². The molecule has 83 heavy (non-hydrogen) atoms. The van der Waals surface area contributed by atoms with Gasteiger partial charge in [0.2, 0.25) is 0 Å². The predicted molar refractivity (Wildman–Crippen MR) is 362 cm³/mol. The molecule has 0 fully saturated rings.